The molecule has 1 aromatic carbocycles. The van der Waals surface area contributed by atoms with Crippen molar-refractivity contribution in [2.45, 2.75) is 37.8 Å². The number of H-pyrrole nitrogens is 1. The molecule has 2 N–H and O–H groups in total. The summed E-state index contributed by atoms with van der Waals surface area (Å²) in [5, 5.41) is 3.60. The van der Waals surface area contributed by atoms with Gasteiger partial charge in [-0.3, -0.25) is 4.79 Å². The van der Waals surface area contributed by atoms with Gasteiger partial charge in [0.1, 0.15) is 5.03 Å². The number of benzene rings is 1. The molecule has 0 saturated heterocycles. The lowest BCUT2D eigenvalue weighted by Gasteiger charge is -2.07. The number of aromatic nitrogens is 2. The third-order valence-corrected chi connectivity index (χ3v) is 4.90. The van der Waals surface area contributed by atoms with Crippen molar-refractivity contribution < 1.29 is 4.79 Å². The summed E-state index contributed by atoms with van der Waals surface area (Å²) in [6.45, 7) is 2.55. The highest BCUT2D eigenvalue weighted by Crippen LogP contribution is 2.27. The van der Waals surface area contributed by atoms with Gasteiger partial charge in [-0.25, -0.2) is 4.79 Å². The van der Waals surface area contributed by atoms with Crippen molar-refractivity contribution in [1.29, 1.82) is 0 Å². The molecule has 1 aromatic heterocycles. The van der Waals surface area contributed by atoms with Gasteiger partial charge in [-0.1, -0.05) is 41.6 Å². The van der Waals surface area contributed by atoms with E-state index in [1.807, 2.05) is 31.2 Å². The molecule has 1 heterocycles. The van der Waals surface area contributed by atoms with E-state index in [0.717, 1.165) is 36.1 Å². The fraction of sp³-hybridized carbons (Fsp3) is 0.353. The van der Waals surface area contributed by atoms with Gasteiger partial charge in [0, 0.05) is 17.8 Å². The SMILES string of the molecule is Cc1ccc(CNC(=O)CSc2nc(=O)[nH]c3c2CCC3)cc1. The molecule has 6 heteroatoms. The predicted octanol–water partition coefficient (Wildman–Crippen LogP) is 1.98. The Morgan fingerprint density at radius 3 is 2.87 bits per heavy atom. The van der Waals surface area contributed by atoms with Gasteiger partial charge < -0.3 is 10.3 Å². The van der Waals surface area contributed by atoms with Crippen LogP contribution in [0.1, 0.15) is 28.8 Å². The summed E-state index contributed by atoms with van der Waals surface area (Å²) < 4.78 is 0. The number of hydrogen-bond donors (Lipinski definition) is 2. The highest BCUT2D eigenvalue weighted by Gasteiger charge is 2.18. The lowest BCUT2D eigenvalue weighted by molar-refractivity contribution is -0.118. The van der Waals surface area contributed by atoms with E-state index in [1.54, 1.807) is 0 Å². The van der Waals surface area contributed by atoms with Crippen LogP contribution < -0.4 is 11.0 Å². The normalized spacial score (nSPS) is 12.9. The Morgan fingerprint density at radius 1 is 1.30 bits per heavy atom. The zero-order chi connectivity index (χ0) is 16.2. The summed E-state index contributed by atoms with van der Waals surface area (Å²) >= 11 is 1.34. The standard InChI is InChI=1S/C17H19N3O2S/c1-11-5-7-12(8-6-11)9-18-15(21)10-23-16-13-3-2-4-14(13)19-17(22)20-16/h5-8H,2-4,9-10H2,1H3,(H,18,21)(H,19,20,22). The Bertz CT molecular complexity index is 768. The minimum Gasteiger partial charge on any atom is -0.351 e. The van der Waals surface area contributed by atoms with Crippen molar-refractivity contribution in [1.82, 2.24) is 15.3 Å². The van der Waals surface area contributed by atoms with E-state index >= 15 is 0 Å². The van der Waals surface area contributed by atoms with Gasteiger partial charge in [0.05, 0.1) is 5.75 Å². The number of nitrogens with one attached hydrogen (secondary N) is 2. The lowest BCUT2D eigenvalue weighted by Crippen LogP contribution is -2.25. The number of aryl methyl sites for hydroxylation is 2. The van der Waals surface area contributed by atoms with Crippen molar-refractivity contribution >= 4 is 17.7 Å². The van der Waals surface area contributed by atoms with E-state index < -0.39 is 0 Å². The predicted molar refractivity (Wildman–Crippen MR) is 90.6 cm³/mol. The third-order valence-electron chi connectivity index (χ3n) is 3.89. The van der Waals surface area contributed by atoms with Crippen LogP contribution in [-0.2, 0) is 24.2 Å². The molecule has 0 bridgehead atoms. The molecular formula is C17H19N3O2S. The second kappa shape index (κ2) is 7.00. The first kappa shape index (κ1) is 15.8. The van der Waals surface area contributed by atoms with Gasteiger partial charge in [-0.2, -0.15) is 4.98 Å². The van der Waals surface area contributed by atoms with Crippen molar-refractivity contribution in [3.63, 3.8) is 0 Å². The quantitative estimate of drug-likeness (QED) is 0.650. The van der Waals surface area contributed by atoms with Crippen LogP contribution in [0, 0.1) is 6.92 Å². The van der Waals surface area contributed by atoms with Crippen molar-refractivity contribution in [2.24, 2.45) is 0 Å². The molecule has 1 aliphatic carbocycles. The molecule has 23 heavy (non-hydrogen) atoms. The maximum absolute atomic E-state index is 12.0. The number of nitrogens with zero attached hydrogens (tertiary/aromatic N) is 1. The van der Waals surface area contributed by atoms with E-state index in [2.05, 4.69) is 15.3 Å². The fourth-order valence-electron chi connectivity index (χ4n) is 2.65. The van der Waals surface area contributed by atoms with Gasteiger partial charge >= 0.3 is 5.69 Å². The second-order valence-corrected chi connectivity index (χ2v) is 6.67. The van der Waals surface area contributed by atoms with Gasteiger partial charge in [0.25, 0.3) is 0 Å². The Hall–Kier alpha value is -2.08. The van der Waals surface area contributed by atoms with Gasteiger partial charge in [-0.05, 0) is 31.7 Å². The van der Waals surface area contributed by atoms with Crippen molar-refractivity contribution in [3.8, 4) is 0 Å². The number of fused-ring (bicyclic) bond motifs is 1. The minimum atomic E-state index is -0.326. The summed E-state index contributed by atoms with van der Waals surface area (Å²) in [5.74, 6) is 0.221. The zero-order valence-corrected chi connectivity index (χ0v) is 13.8. The monoisotopic (exact) mass is 329 g/mol. The van der Waals surface area contributed by atoms with Crippen LogP contribution in [-0.4, -0.2) is 21.6 Å². The number of rotatable bonds is 5. The molecule has 0 saturated carbocycles. The Morgan fingerprint density at radius 2 is 2.09 bits per heavy atom. The molecule has 0 radical (unpaired) electrons. The molecule has 0 atom stereocenters. The van der Waals surface area contributed by atoms with Crippen LogP contribution in [0.4, 0.5) is 0 Å². The first-order chi connectivity index (χ1) is 11.1. The summed E-state index contributed by atoms with van der Waals surface area (Å²) in [7, 11) is 0. The van der Waals surface area contributed by atoms with Crippen LogP contribution in [0.2, 0.25) is 0 Å². The van der Waals surface area contributed by atoms with Crippen LogP contribution in [0.15, 0.2) is 34.1 Å². The van der Waals surface area contributed by atoms with Crippen LogP contribution in [0.3, 0.4) is 0 Å². The Labute approximate surface area is 138 Å². The molecule has 2 aromatic rings. The van der Waals surface area contributed by atoms with E-state index in [1.165, 1.54) is 17.3 Å². The molecule has 0 aliphatic heterocycles. The van der Waals surface area contributed by atoms with E-state index in [4.69, 9.17) is 0 Å². The first-order valence-corrected chi connectivity index (χ1v) is 8.67. The van der Waals surface area contributed by atoms with Crippen LogP contribution >= 0.6 is 11.8 Å². The highest BCUT2D eigenvalue weighted by molar-refractivity contribution is 7.99. The summed E-state index contributed by atoms with van der Waals surface area (Å²) in [4.78, 5) is 30.4. The topological polar surface area (TPSA) is 74.8 Å². The number of thioether (sulfide) groups is 1. The molecule has 5 nitrogen and oxygen atoms in total. The lowest BCUT2D eigenvalue weighted by atomic mass is 10.1. The summed E-state index contributed by atoms with van der Waals surface area (Å²) in [5.41, 5.74) is 4.02. The largest absolute Gasteiger partial charge is 0.351 e. The van der Waals surface area contributed by atoms with E-state index in [9.17, 15) is 9.59 Å². The number of hydrogen-bond acceptors (Lipinski definition) is 4. The Kier molecular flexibility index (Phi) is 4.81. The van der Waals surface area contributed by atoms with E-state index in [0.29, 0.717) is 11.6 Å². The van der Waals surface area contributed by atoms with Crippen LogP contribution in [0.25, 0.3) is 0 Å². The average Bonchev–Trinajstić information content (AvgIpc) is 3.00. The van der Waals surface area contributed by atoms with Crippen molar-refractivity contribution in [3.05, 3.63) is 57.1 Å². The average molecular weight is 329 g/mol. The molecule has 0 spiro atoms. The summed E-state index contributed by atoms with van der Waals surface area (Å²) in [6, 6.07) is 8.07. The molecule has 1 aliphatic rings. The first-order valence-electron chi connectivity index (χ1n) is 7.69. The second-order valence-electron chi connectivity index (χ2n) is 5.71. The van der Waals surface area contributed by atoms with Crippen molar-refractivity contribution in [2.75, 3.05) is 5.75 Å². The highest BCUT2D eigenvalue weighted by atomic mass is 32.2. The zero-order valence-electron chi connectivity index (χ0n) is 13.0. The number of amides is 1. The molecule has 1 amide bonds. The third kappa shape index (κ3) is 4.01. The summed E-state index contributed by atoms with van der Waals surface area (Å²) in [6.07, 6.45) is 2.84. The fourth-order valence-corrected chi connectivity index (χ4v) is 3.56. The Balaban J connectivity index is 1.55. The number of carbonyl (C=O) groups is 1. The number of carbonyl (C=O) groups excluding carboxylic acids is 1. The molecule has 120 valence electrons. The number of aromatic amines is 1. The van der Waals surface area contributed by atoms with Gasteiger partial charge in [0.2, 0.25) is 5.91 Å². The molecule has 0 unspecified atom stereocenters. The maximum Gasteiger partial charge on any atom is 0.346 e. The smallest absolute Gasteiger partial charge is 0.346 e. The maximum atomic E-state index is 12.0. The molecule has 0 fully saturated rings. The van der Waals surface area contributed by atoms with E-state index in [-0.39, 0.29) is 17.3 Å². The van der Waals surface area contributed by atoms with Gasteiger partial charge in [0.15, 0.2) is 0 Å². The minimum absolute atomic E-state index is 0.0515. The molecule has 3 rings (SSSR count). The van der Waals surface area contributed by atoms with Crippen LogP contribution in [0.5, 0.6) is 0 Å². The van der Waals surface area contributed by atoms with Gasteiger partial charge in [-0.15, -0.1) is 0 Å². The molecular weight excluding hydrogens is 310 g/mol.